The number of anilines is 1. The van der Waals surface area contributed by atoms with E-state index in [0.29, 0.717) is 19.1 Å². The van der Waals surface area contributed by atoms with Crippen molar-refractivity contribution in [2.45, 2.75) is 25.3 Å². The fraction of sp³-hybridized carbons (Fsp3) is 0.533. The predicted molar refractivity (Wildman–Crippen MR) is 82.6 cm³/mol. The van der Waals surface area contributed by atoms with Crippen molar-refractivity contribution in [1.29, 1.82) is 0 Å². The highest BCUT2D eigenvalue weighted by Crippen LogP contribution is 2.29. The van der Waals surface area contributed by atoms with Gasteiger partial charge < -0.3 is 10.6 Å². The molecule has 3 rings (SSSR count). The zero-order chi connectivity index (χ0) is 16.6. The molecule has 2 aliphatic rings. The molecule has 2 fully saturated rings. The molecule has 0 bridgehead atoms. The molecule has 1 aromatic carbocycles. The average molecular weight is 322 g/mol. The van der Waals surface area contributed by atoms with Gasteiger partial charge in [-0.15, -0.1) is 0 Å². The zero-order valence-corrected chi connectivity index (χ0v) is 12.7. The van der Waals surface area contributed by atoms with Crippen molar-refractivity contribution < 1.29 is 14.1 Å². The van der Waals surface area contributed by atoms with Gasteiger partial charge in [0.2, 0.25) is 0 Å². The van der Waals surface area contributed by atoms with Crippen LogP contribution in [0.1, 0.15) is 29.6 Å². The minimum absolute atomic E-state index is 0.131. The first-order chi connectivity index (χ1) is 11.0. The maximum atomic E-state index is 13.6. The maximum Gasteiger partial charge on any atom is 0.295 e. The number of nitro benzene ring substituents is 1. The highest BCUT2D eigenvalue weighted by atomic mass is 19.1. The van der Waals surface area contributed by atoms with E-state index in [4.69, 9.17) is 5.73 Å². The molecule has 0 aromatic heterocycles. The summed E-state index contributed by atoms with van der Waals surface area (Å²) in [7, 11) is 0. The van der Waals surface area contributed by atoms with Gasteiger partial charge in [0.25, 0.3) is 11.6 Å². The van der Waals surface area contributed by atoms with E-state index in [2.05, 4.69) is 4.90 Å². The lowest BCUT2D eigenvalue weighted by molar-refractivity contribution is -0.384. The van der Waals surface area contributed by atoms with Crippen LogP contribution in [-0.4, -0.2) is 52.9 Å². The van der Waals surface area contributed by atoms with Crippen molar-refractivity contribution in [1.82, 2.24) is 9.80 Å². The number of halogens is 1. The van der Waals surface area contributed by atoms with Crippen LogP contribution >= 0.6 is 0 Å². The number of hydrogen-bond donors (Lipinski definition) is 1. The second kappa shape index (κ2) is 6.11. The lowest BCUT2D eigenvalue weighted by Crippen LogP contribution is -2.53. The summed E-state index contributed by atoms with van der Waals surface area (Å²) in [5.74, 6) is -1.28. The molecule has 124 valence electrons. The number of nitrogens with zero attached hydrogens (tertiary/aromatic N) is 3. The number of benzene rings is 1. The Kier molecular flexibility index (Phi) is 4.16. The third-order valence-electron chi connectivity index (χ3n) is 4.74. The molecule has 0 radical (unpaired) electrons. The fourth-order valence-corrected chi connectivity index (χ4v) is 3.14. The predicted octanol–water partition coefficient (Wildman–Crippen LogP) is 1.63. The minimum Gasteiger partial charge on any atom is -0.393 e. The lowest BCUT2D eigenvalue weighted by atomic mass is 9.91. The highest BCUT2D eigenvalue weighted by molar-refractivity contribution is 6.01. The van der Waals surface area contributed by atoms with Crippen LogP contribution in [0, 0.1) is 15.9 Å². The van der Waals surface area contributed by atoms with Crippen molar-refractivity contribution in [2.24, 2.45) is 0 Å². The first kappa shape index (κ1) is 15.7. The van der Waals surface area contributed by atoms with Gasteiger partial charge in [-0.3, -0.25) is 19.8 Å². The van der Waals surface area contributed by atoms with Crippen LogP contribution in [0.4, 0.5) is 15.8 Å². The summed E-state index contributed by atoms with van der Waals surface area (Å²) in [5.41, 5.74) is 4.73. The van der Waals surface area contributed by atoms with Gasteiger partial charge in [-0.05, 0) is 18.9 Å². The molecule has 1 aliphatic carbocycles. The summed E-state index contributed by atoms with van der Waals surface area (Å²) in [4.78, 5) is 26.6. The standard InChI is InChI=1S/C15H19FN4O3/c16-10-8-12(14(17)13(9-10)20(22)23)15(21)19-6-4-18(5-7-19)11-2-1-3-11/h8-9,11H,1-7,17H2. The molecule has 1 amide bonds. The molecular formula is C15H19FN4O3. The molecule has 1 saturated carbocycles. The molecule has 1 saturated heterocycles. The summed E-state index contributed by atoms with van der Waals surface area (Å²) in [6.45, 7) is 2.60. The van der Waals surface area contributed by atoms with Crippen LogP contribution in [0.15, 0.2) is 12.1 Å². The average Bonchev–Trinajstić information content (AvgIpc) is 2.47. The summed E-state index contributed by atoms with van der Waals surface area (Å²) in [6.07, 6.45) is 3.67. The number of hydrogen-bond acceptors (Lipinski definition) is 5. The first-order valence-electron chi connectivity index (χ1n) is 7.74. The number of carbonyl (C=O) groups is 1. The number of piperazine rings is 1. The molecular weight excluding hydrogens is 303 g/mol. The van der Waals surface area contributed by atoms with Gasteiger partial charge in [-0.25, -0.2) is 4.39 Å². The summed E-state index contributed by atoms with van der Waals surface area (Å²) < 4.78 is 13.6. The Morgan fingerprint density at radius 2 is 1.91 bits per heavy atom. The van der Waals surface area contributed by atoms with Crippen molar-refractivity contribution in [3.8, 4) is 0 Å². The smallest absolute Gasteiger partial charge is 0.295 e. The van der Waals surface area contributed by atoms with E-state index in [0.717, 1.165) is 25.2 Å². The van der Waals surface area contributed by atoms with Crippen LogP contribution < -0.4 is 5.73 Å². The summed E-state index contributed by atoms with van der Waals surface area (Å²) in [5, 5.41) is 10.9. The highest BCUT2D eigenvalue weighted by Gasteiger charge is 2.31. The monoisotopic (exact) mass is 322 g/mol. The third-order valence-corrected chi connectivity index (χ3v) is 4.74. The van der Waals surface area contributed by atoms with E-state index in [9.17, 15) is 19.3 Å². The Labute approximate surface area is 133 Å². The molecule has 2 N–H and O–H groups in total. The van der Waals surface area contributed by atoms with Gasteiger partial charge in [-0.2, -0.15) is 0 Å². The van der Waals surface area contributed by atoms with E-state index in [1.807, 2.05) is 0 Å². The van der Waals surface area contributed by atoms with E-state index >= 15 is 0 Å². The Bertz CT molecular complexity index is 640. The molecule has 23 heavy (non-hydrogen) atoms. The molecule has 0 atom stereocenters. The fourth-order valence-electron chi connectivity index (χ4n) is 3.14. The quantitative estimate of drug-likeness (QED) is 0.518. The first-order valence-corrected chi connectivity index (χ1v) is 7.74. The number of nitro groups is 1. The van der Waals surface area contributed by atoms with Crippen LogP contribution in [0.5, 0.6) is 0 Å². The summed E-state index contributed by atoms with van der Waals surface area (Å²) in [6, 6.07) is 2.33. The Morgan fingerprint density at radius 1 is 1.26 bits per heavy atom. The topological polar surface area (TPSA) is 92.7 Å². The van der Waals surface area contributed by atoms with Crippen LogP contribution in [0.3, 0.4) is 0 Å². The van der Waals surface area contributed by atoms with E-state index in [1.54, 1.807) is 4.90 Å². The second-order valence-corrected chi connectivity index (χ2v) is 6.06. The minimum atomic E-state index is -0.831. The van der Waals surface area contributed by atoms with E-state index in [1.165, 1.54) is 19.3 Å². The maximum absolute atomic E-state index is 13.6. The number of nitrogen functional groups attached to an aromatic ring is 1. The van der Waals surface area contributed by atoms with Crippen molar-refractivity contribution in [3.05, 3.63) is 33.6 Å². The Hall–Kier alpha value is -2.22. The van der Waals surface area contributed by atoms with Crippen LogP contribution in [0.25, 0.3) is 0 Å². The van der Waals surface area contributed by atoms with Crippen LogP contribution in [0.2, 0.25) is 0 Å². The van der Waals surface area contributed by atoms with Crippen molar-refractivity contribution in [3.63, 3.8) is 0 Å². The molecule has 1 aliphatic heterocycles. The van der Waals surface area contributed by atoms with Crippen molar-refractivity contribution >= 4 is 17.3 Å². The van der Waals surface area contributed by atoms with Gasteiger partial charge in [0, 0.05) is 32.2 Å². The van der Waals surface area contributed by atoms with Crippen LogP contribution in [-0.2, 0) is 0 Å². The third kappa shape index (κ3) is 2.98. The van der Waals surface area contributed by atoms with Gasteiger partial charge in [0.1, 0.15) is 11.5 Å². The largest absolute Gasteiger partial charge is 0.393 e. The van der Waals surface area contributed by atoms with E-state index < -0.39 is 22.3 Å². The molecule has 0 unspecified atom stereocenters. The zero-order valence-electron chi connectivity index (χ0n) is 12.7. The molecule has 7 nitrogen and oxygen atoms in total. The Morgan fingerprint density at radius 3 is 2.43 bits per heavy atom. The van der Waals surface area contributed by atoms with Gasteiger partial charge in [-0.1, -0.05) is 6.42 Å². The van der Waals surface area contributed by atoms with E-state index in [-0.39, 0.29) is 11.3 Å². The molecule has 1 heterocycles. The van der Waals surface area contributed by atoms with Gasteiger partial charge in [0.05, 0.1) is 16.6 Å². The summed E-state index contributed by atoms with van der Waals surface area (Å²) >= 11 is 0. The normalized spacial score (nSPS) is 19.4. The van der Waals surface area contributed by atoms with Gasteiger partial charge >= 0.3 is 0 Å². The van der Waals surface area contributed by atoms with Crippen molar-refractivity contribution in [2.75, 3.05) is 31.9 Å². The second-order valence-electron chi connectivity index (χ2n) is 6.06. The SMILES string of the molecule is Nc1c(C(=O)N2CCN(C3CCC3)CC2)cc(F)cc1[N+](=O)[O-]. The molecule has 1 aromatic rings. The lowest BCUT2D eigenvalue weighted by Gasteiger charge is -2.43. The number of amides is 1. The number of carbonyl (C=O) groups excluding carboxylic acids is 1. The number of nitrogens with two attached hydrogens (primary N) is 1. The van der Waals surface area contributed by atoms with Gasteiger partial charge in [0.15, 0.2) is 0 Å². The molecule has 0 spiro atoms. The molecule has 8 heteroatoms. The Balaban J connectivity index is 1.74. The number of rotatable bonds is 3.